The maximum atomic E-state index is 10.0. The molecule has 0 atom stereocenters. The summed E-state index contributed by atoms with van der Waals surface area (Å²) in [5, 5.41) is 10.0. The lowest BCUT2D eigenvalue weighted by molar-refractivity contribution is -0.255. The fraction of sp³-hybridized carbons (Fsp3) is 0. The van der Waals surface area contributed by atoms with Crippen LogP contribution in [0.5, 0.6) is 0 Å². The first-order chi connectivity index (χ1) is 4.30. The van der Waals surface area contributed by atoms with Crippen LogP contribution in [0.4, 0.5) is 0 Å². The van der Waals surface area contributed by atoms with Crippen LogP contribution < -0.4 is 29.1 Å². The molecule has 1 heterocycles. The highest BCUT2D eigenvalue weighted by molar-refractivity contribution is 5.83. The van der Waals surface area contributed by atoms with E-state index in [0.717, 1.165) is 0 Å². The fourth-order valence-electron chi connectivity index (χ4n) is 0.484. The zero-order valence-electron chi connectivity index (χ0n) is 5.02. The Morgan fingerprint density at radius 3 is 2.50 bits per heavy atom. The number of carboxylic acids is 1. The number of carbonyl (C=O) groups excluding carboxylic acids is 1. The van der Waals surface area contributed by atoms with Gasteiger partial charge in [0.15, 0.2) is 0 Å². The molecule has 0 saturated carbocycles. The zero-order valence-corrected chi connectivity index (χ0v) is 7.57. The molecule has 54 valence electrons. The van der Waals surface area contributed by atoms with Gasteiger partial charge in [0.2, 0.25) is 24.0 Å². The highest BCUT2D eigenvalue weighted by atomic mass is 127. The molecular formula is C6H6INO2. The van der Waals surface area contributed by atoms with Crippen molar-refractivity contribution in [1.82, 2.24) is 4.98 Å². The largest absolute Gasteiger partial charge is 0.543 e. The van der Waals surface area contributed by atoms with Gasteiger partial charge in [0.05, 0.1) is 11.7 Å². The molecule has 4 heteroatoms. The lowest BCUT2D eigenvalue weighted by Gasteiger charge is -1.96. The SMILES string of the molecule is O=C([O-])c1ccccn1.[IH2+]. The van der Waals surface area contributed by atoms with E-state index in [1.165, 1.54) is 12.3 Å². The molecule has 1 aromatic heterocycles. The van der Waals surface area contributed by atoms with E-state index in [4.69, 9.17) is 0 Å². The highest BCUT2D eigenvalue weighted by Gasteiger charge is 1.87. The van der Waals surface area contributed by atoms with Crippen LogP contribution in [0, 0.1) is 0 Å². The zero-order chi connectivity index (χ0) is 6.69. The van der Waals surface area contributed by atoms with Gasteiger partial charge in [-0.3, -0.25) is 4.98 Å². The molecule has 0 amide bonds. The molecule has 0 N–H and O–H groups in total. The molecule has 0 unspecified atom stereocenters. The van der Waals surface area contributed by atoms with E-state index in [2.05, 4.69) is 4.98 Å². The Morgan fingerprint density at radius 2 is 2.20 bits per heavy atom. The van der Waals surface area contributed by atoms with Gasteiger partial charge in [-0.05, 0) is 12.1 Å². The number of aromatic carboxylic acids is 1. The van der Waals surface area contributed by atoms with Crippen LogP contribution in [0.1, 0.15) is 10.5 Å². The molecule has 1 aromatic rings. The quantitative estimate of drug-likeness (QED) is 0.477. The Morgan fingerprint density at radius 1 is 1.50 bits per heavy atom. The van der Waals surface area contributed by atoms with Crippen LogP contribution in [0.2, 0.25) is 0 Å². The summed E-state index contributed by atoms with van der Waals surface area (Å²) >= 11 is 0. The summed E-state index contributed by atoms with van der Waals surface area (Å²) in [6.07, 6.45) is 1.41. The third-order valence-electron chi connectivity index (χ3n) is 0.874. The Labute approximate surface area is 75.1 Å². The maximum Gasteiger partial charge on any atom is 0.235 e. The minimum Gasteiger partial charge on any atom is -0.543 e. The molecule has 3 nitrogen and oxygen atoms in total. The Balaban J connectivity index is 0.000000810. The van der Waals surface area contributed by atoms with Crippen molar-refractivity contribution in [3.8, 4) is 0 Å². The number of carbonyl (C=O) groups is 1. The third kappa shape index (κ3) is 2.30. The summed E-state index contributed by atoms with van der Waals surface area (Å²) in [6, 6.07) is 4.62. The number of aromatic nitrogens is 1. The van der Waals surface area contributed by atoms with E-state index in [-0.39, 0.29) is 29.7 Å². The Hall–Kier alpha value is -0.650. The Kier molecular flexibility index (Phi) is 3.94. The number of carboxylic acid groups (broad SMARTS) is 1. The molecule has 0 aliphatic carbocycles. The van der Waals surface area contributed by atoms with E-state index in [9.17, 15) is 9.90 Å². The van der Waals surface area contributed by atoms with E-state index in [1.807, 2.05) is 0 Å². The molecule has 0 aromatic carbocycles. The number of nitrogens with zero attached hydrogens (tertiary/aromatic N) is 1. The van der Waals surface area contributed by atoms with Crippen molar-refractivity contribution in [2.45, 2.75) is 0 Å². The second-order valence-electron chi connectivity index (χ2n) is 1.50. The van der Waals surface area contributed by atoms with Crippen molar-refractivity contribution in [1.29, 1.82) is 0 Å². The van der Waals surface area contributed by atoms with Gasteiger partial charge in [-0.1, -0.05) is 6.07 Å². The van der Waals surface area contributed by atoms with Crippen LogP contribution in [0.3, 0.4) is 0 Å². The van der Waals surface area contributed by atoms with E-state index in [1.54, 1.807) is 12.1 Å². The maximum absolute atomic E-state index is 10.0. The molecule has 0 spiro atoms. The second kappa shape index (κ2) is 4.21. The molecule has 0 fully saturated rings. The van der Waals surface area contributed by atoms with Gasteiger partial charge in [0, 0.05) is 6.20 Å². The van der Waals surface area contributed by atoms with Gasteiger partial charge in [-0.2, -0.15) is 0 Å². The monoisotopic (exact) mass is 251 g/mol. The van der Waals surface area contributed by atoms with Crippen molar-refractivity contribution < 1.29 is 33.9 Å². The predicted molar refractivity (Wildman–Crippen MR) is 31.4 cm³/mol. The average Bonchev–Trinajstić information content (AvgIpc) is 1.90. The number of hydrogen-bond acceptors (Lipinski definition) is 3. The second-order valence-corrected chi connectivity index (χ2v) is 1.50. The van der Waals surface area contributed by atoms with Crippen LogP contribution in [0.15, 0.2) is 24.4 Å². The van der Waals surface area contributed by atoms with Crippen LogP contribution in [-0.4, -0.2) is 11.0 Å². The predicted octanol–water partition coefficient (Wildman–Crippen LogP) is -4.09. The minimum atomic E-state index is -1.24. The molecule has 1 rings (SSSR count). The van der Waals surface area contributed by atoms with Crippen molar-refractivity contribution >= 4 is 5.97 Å². The lowest BCUT2D eigenvalue weighted by Crippen LogP contribution is -3.00. The first-order valence-corrected chi connectivity index (χ1v) is 2.43. The molecule has 0 radical (unpaired) electrons. The van der Waals surface area contributed by atoms with Gasteiger partial charge in [-0.15, -0.1) is 0 Å². The summed E-state index contributed by atoms with van der Waals surface area (Å²) < 4.78 is 0. The van der Waals surface area contributed by atoms with E-state index < -0.39 is 5.97 Å². The van der Waals surface area contributed by atoms with Crippen LogP contribution in [0.25, 0.3) is 0 Å². The number of halogens is 1. The Bertz CT molecular complexity index is 212. The molecule has 0 bridgehead atoms. The summed E-state index contributed by atoms with van der Waals surface area (Å²) in [7, 11) is 0. The van der Waals surface area contributed by atoms with Gasteiger partial charge in [0.25, 0.3) is 0 Å². The summed E-state index contributed by atoms with van der Waals surface area (Å²) in [5.74, 6) is -1.24. The van der Waals surface area contributed by atoms with Crippen molar-refractivity contribution in [3.05, 3.63) is 30.1 Å². The van der Waals surface area contributed by atoms with E-state index >= 15 is 0 Å². The average molecular weight is 251 g/mol. The standard InChI is InChI=1S/C6H5NO2.H2I/c8-6(9)5-3-1-2-4-7-5;/h1-4H,(H,8,9);1H2/q;+1/p-1. The first kappa shape index (κ1) is 9.35. The third-order valence-corrected chi connectivity index (χ3v) is 0.874. The topological polar surface area (TPSA) is 53.0 Å². The number of pyridine rings is 1. The van der Waals surface area contributed by atoms with Gasteiger partial charge < -0.3 is 9.90 Å². The summed E-state index contributed by atoms with van der Waals surface area (Å²) in [6.45, 7) is 0. The smallest absolute Gasteiger partial charge is 0.235 e. The van der Waals surface area contributed by atoms with Crippen molar-refractivity contribution in [3.63, 3.8) is 0 Å². The molecule has 0 saturated heterocycles. The van der Waals surface area contributed by atoms with Crippen molar-refractivity contribution in [2.24, 2.45) is 0 Å². The van der Waals surface area contributed by atoms with Gasteiger partial charge in [0.1, 0.15) is 0 Å². The highest BCUT2D eigenvalue weighted by Crippen LogP contribution is 1.88. The summed E-state index contributed by atoms with van der Waals surface area (Å²) in [4.78, 5) is 13.5. The van der Waals surface area contributed by atoms with Gasteiger partial charge >= 0.3 is 0 Å². The van der Waals surface area contributed by atoms with Gasteiger partial charge in [-0.25, -0.2) is 0 Å². The normalized spacial score (nSPS) is 8.00. The molecule has 0 aliphatic rings. The van der Waals surface area contributed by atoms with Crippen LogP contribution in [-0.2, 0) is 0 Å². The number of rotatable bonds is 1. The molecular weight excluding hydrogens is 245 g/mol. The lowest BCUT2D eigenvalue weighted by atomic mass is 10.4. The minimum absolute atomic E-state index is 0. The van der Waals surface area contributed by atoms with E-state index in [0.29, 0.717) is 0 Å². The first-order valence-electron chi connectivity index (χ1n) is 2.43. The fourth-order valence-corrected chi connectivity index (χ4v) is 0.484. The molecule has 0 aliphatic heterocycles. The molecule has 10 heavy (non-hydrogen) atoms. The summed E-state index contributed by atoms with van der Waals surface area (Å²) in [5.41, 5.74) is -0.0301. The van der Waals surface area contributed by atoms with Crippen LogP contribution >= 0.6 is 0 Å². The van der Waals surface area contributed by atoms with Crippen molar-refractivity contribution in [2.75, 3.05) is 0 Å². The number of hydrogen-bond donors (Lipinski definition) is 0.